The van der Waals surface area contributed by atoms with Gasteiger partial charge in [-0.25, -0.2) is 0 Å². The lowest BCUT2D eigenvalue weighted by Gasteiger charge is -2.29. The number of nitrogens with one attached hydrogen (secondary N) is 1. The number of ether oxygens (including phenoxy) is 1. The molecule has 3 aromatic carbocycles. The first-order valence-corrected chi connectivity index (χ1v) is 10.9. The monoisotopic (exact) mass is 400 g/mol. The van der Waals surface area contributed by atoms with Gasteiger partial charge in [0.25, 0.3) is 5.91 Å². The Labute approximate surface area is 177 Å². The topological polar surface area (TPSA) is 41.6 Å². The van der Waals surface area contributed by atoms with E-state index in [1.165, 1.54) is 29.4 Å². The van der Waals surface area contributed by atoms with Crippen LogP contribution in [0.15, 0.2) is 54.6 Å². The fourth-order valence-electron chi connectivity index (χ4n) is 5.16. The zero-order valence-corrected chi connectivity index (χ0v) is 17.5. The summed E-state index contributed by atoms with van der Waals surface area (Å²) in [5.41, 5.74) is 4.64. The SMILES string of the molecule is COc1ccccc1[C@@H](CNC(=O)c1ccc2c3c(cccc13)CC2)N1CCCC1. The van der Waals surface area contributed by atoms with Crippen LogP contribution in [0.25, 0.3) is 10.8 Å². The van der Waals surface area contributed by atoms with Gasteiger partial charge < -0.3 is 10.1 Å². The van der Waals surface area contributed by atoms with Crippen LogP contribution < -0.4 is 10.1 Å². The Hall–Kier alpha value is -2.85. The van der Waals surface area contributed by atoms with Crippen molar-refractivity contribution in [2.75, 3.05) is 26.7 Å². The predicted octanol–water partition coefficient (Wildman–Crippen LogP) is 4.51. The number of hydrogen-bond donors (Lipinski definition) is 1. The normalized spacial score (nSPS) is 16.7. The van der Waals surface area contributed by atoms with Gasteiger partial charge in [0.15, 0.2) is 0 Å². The number of methoxy groups -OCH3 is 1. The lowest BCUT2D eigenvalue weighted by molar-refractivity contribution is 0.0939. The fraction of sp³-hybridized carbons (Fsp3) is 0.346. The average molecular weight is 401 g/mol. The van der Waals surface area contributed by atoms with E-state index < -0.39 is 0 Å². The predicted molar refractivity (Wildman–Crippen MR) is 120 cm³/mol. The van der Waals surface area contributed by atoms with Crippen LogP contribution in [-0.2, 0) is 12.8 Å². The van der Waals surface area contributed by atoms with Crippen LogP contribution >= 0.6 is 0 Å². The van der Waals surface area contributed by atoms with Crippen LogP contribution in [0.2, 0.25) is 0 Å². The molecule has 0 unspecified atom stereocenters. The van der Waals surface area contributed by atoms with E-state index in [1.54, 1.807) is 7.11 Å². The van der Waals surface area contributed by atoms with Crippen molar-refractivity contribution < 1.29 is 9.53 Å². The highest BCUT2D eigenvalue weighted by Crippen LogP contribution is 2.34. The van der Waals surface area contributed by atoms with Gasteiger partial charge in [0.1, 0.15) is 5.75 Å². The van der Waals surface area contributed by atoms with Crippen LogP contribution in [0, 0.1) is 0 Å². The van der Waals surface area contributed by atoms with Gasteiger partial charge in [-0.1, -0.05) is 42.5 Å². The Morgan fingerprint density at radius 3 is 2.57 bits per heavy atom. The first kappa shape index (κ1) is 19.1. The molecule has 1 amide bonds. The molecule has 0 aromatic heterocycles. The molecule has 3 aromatic rings. The number of amides is 1. The quantitative estimate of drug-likeness (QED) is 0.662. The van der Waals surface area contributed by atoms with Gasteiger partial charge in [-0.15, -0.1) is 0 Å². The van der Waals surface area contributed by atoms with E-state index >= 15 is 0 Å². The van der Waals surface area contributed by atoms with Crippen molar-refractivity contribution in [3.05, 3.63) is 76.9 Å². The van der Waals surface area contributed by atoms with Crippen LogP contribution in [0.5, 0.6) is 5.75 Å². The molecule has 1 heterocycles. The molecule has 0 bridgehead atoms. The Balaban J connectivity index is 1.42. The van der Waals surface area contributed by atoms with Crippen LogP contribution in [0.1, 0.15) is 45.9 Å². The second-order valence-electron chi connectivity index (χ2n) is 8.32. The average Bonchev–Trinajstić information content (AvgIpc) is 3.46. The van der Waals surface area contributed by atoms with Crippen molar-refractivity contribution in [3.63, 3.8) is 0 Å². The molecule has 1 atom stereocenters. The summed E-state index contributed by atoms with van der Waals surface area (Å²) in [6.07, 6.45) is 4.55. The molecule has 2 aliphatic rings. The zero-order chi connectivity index (χ0) is 20.5. The van der Waals surface area contributed by atoms with Crippen molar-refractivity contribution >= 4 is 16.7 Å². The van der Waals surface area contributed by atoms with E-state index in [-0.39, 0.29) is 11.9 Å². The molecule has 5 rings (SSSR count). The standard InChI is InChI=1S/C26H28N2O2/c1-30-24-10-3-2-8-22(24)23(28-15-4-5-16-28)17-27-26(29)21-14-13-19-12-11-18-7-6-9-20(21)25(18)19/h2-3,6-10,13-14,23H,4-5,11-12,15-17H2,1H3,(H,27,29)/t23-/m1/s1. The number of carbonyl (C=O) groups is 1. The molecule has 0 radical (unpaired) electrons. The molecule has 1 saturated heterocycles. The zero-order valence-electron chi connectivity index (χ0n) is 17.5. The molecular weight excluding hydrogens is 372 g/mol. The van der Waals surface area contributed by atoms with Crippen LogP contribution in [-0.4, -0.2) is 37.6 Å². The summed E-state index contributed by atoms with van der Waals surface area (Å²) < 4.78 is 5.63. The van der Waals surface area contributed by atoms with Crippen molar-refractivity contribution in [2.24, 2.45) is 0 Å². The highest BCUT2D eigenvalue weighted by atomic mass is 16.5. The van der Waals surface area contributed by atoms with E-state index in [4.69, 9.17) is 4.74 Å². The molecule has 1 aliphatic carbocycles. The third-order valence-electron chi connectivity index (χ3n) is 6.66. The molecule has 0 saturated carbocycles. The molecule has 154 valence electrons. The van der Waals surface area contributed by atoms with Crippen molar-refractivity contribution in [1.29, 1.82) is 0 Å². The number of hydrogen-bond acceptors (Lipinski definition) is 3. The van der Waals surface area contributed by atoms with E-state index in [0.29, 0.717) is 6.54 Å². The van der Waals surface area contributed by atoms with Gasteiger partial charge in [-0.2, -0.15) is 0 Å². The number of benzene rings is 3. The molecule has 0 spiro atoms. The number of rotatable bonds is 6. The highest BCUT2D eigenvalue weighted by molar-refractivity contribution is 6.09. The Morgan fingerprint density at radius 1 is 1.00 bits per heavy atom. The highest BCUT2D eigenvalue weighted by Gasteiger charge is 2.27. The molecule has 4 nitrogen and oxygen atoms in total. The maximum absolute atomic E-state index is 13.2. The lowest BCUT2D eigenvalue weighted by Crippen LogP contribution is -2.37. The fourth-order valence-corrected chi connectivity index (χ4v) is 5.16. The Bertz CT molecular complexity index is 1080. The second-order valence-corrected chi connectivity index (χ2v) is 8.32. The third kappa shape index (κ3) is 3.35. The summed E-state index contributed by atoms with van der Waals surface area (Å²) in [7, 11) is 1.71. The van der Waals surface area contributed by atoms with E-state index in [0.717, 1.165) is 48.2 Å². The van der Waals surface area contributed by atoms with E-state index in [2.05, 4.69) is 40.5 Å². The molecule has 1 aliphatic heterocycles. The van der Waals surface area contributed by atoms with Crippen molar-refractivity contribution in [2.45, 2.75) is 31.7 Å². The molecule has 30 heavy (non-hydrogen) atoms. The summed E-state index contributed by atoms with van der Waals surface area (Å²) in [4.78, 5) is 15.7. The molecule has 1 fully saturated rings. The number of carbonyl (C=O) groups excluding carboxylic acids is 1. The summed E-state index contributed by atoms with van der Waals surface area (Å²) in [5, 5.41) is 5.60. The van der Waals surface area contributed by atoms with Gasteiger partial charge in [0, 0.05) is 17.7 Å². The summed E-state index contributed by atoms with van der Waals surface area (Å²) in [6.45, 7) is 2.68. The molecular formula is C26H28N2O2. The van der Waals surface area contributed by atoms with Gasteiger partial charge in [0.2, 0.25) is 0 Å². The van der Waals surface area contributed by atoms with Gasteiger partial charge >= 0.3 is 0 Å². The number of likely N-dealkylation sites (tertiary alicyclic amines) is 1. The Morgan fingerprint density at radius 2 is 1.77 bits per heavy atom. The van der Waals surface area contributed by atoms with Crippen LogP contribution in [0.3, 0.4) is 0 Å². The number of nitrogens with zero attached hydrogens (tertiary/aromatic N) is 1. The third-order valence-corrected chi connectivity index (χ3v) is 6.66. The van der Waals surface area contributed by atoms with Crippen molar-refractivity contribution in [1.82, 2.24) is 10.2 Å². The summed E-state index contributed by atoms with van der Waals surface area (Å²) in [5.74, 6) is 0.888. The van der Waals surface area contributed by atoms with Gasteiger partial charge in [-0.05, 0) is 72.8 Å². The largest absolute Gasteiger partial charge is 0.496 e. The number of para-hydroxylation sites is 1. The van der Waals surface area contributed by atoms with Gasteiger partial charge in [0.05, 0.1) is 13.2 Å². The van der Waals surface area contributed by atoms with Crippen LogP contribution in [0.4, 0.5) is 0 Å². The smallest absolute Gasteiger partial charge is 0.251 e. The molecule has 4 heteroatoms. The second kappa shape index (κ2) is 8.11. The van der Waals surface area contributed by atoms with Gasteiger partial charge in [-0.3, -0.25) is 9.69 Å². The first-order valence-electron chi connectivity index (χ1n) is 10.9. The lowest BCUT2D eigenvalue weighted by atomic mass is 9.99. The van der Waals surface area contributed by atoms with Crippen molar-refractivity contribution in [3.8, 4) is 5.75 Å². The van der Waals surface area contributed by atoms with E-state index in [9.17, 15) is 4.79 Å². The maximum atomic E-state index is 13.2. The maximum Gasteiger partial charge on any atom is 0.251 e. The summed E-state index contributed by atoms with van der Waals surface area (Å²) in [6, 6.07) is 18.8. The number of aryl methyl sites for hydroxylation is 2. The minimum atomic E-state index is 0.00435. The Kier molecular flexibility index (Phi) is 5.17. The minimum absolute atomic E-state index is 0.00435. The molecule has 1 N–H and O–H groups in total. The summed E-state index contributed by atoms with van der Waals surface area (Å²) >= 11 is 0. The first-order chi connectivity index (χ1) is 14.8. The minimum Gasteiger partial charge on any atom is -0.496 e. The van der Waals surface area contributed by atoms with E-state index in [1.807, 2.05) is 24.3 Å².